The molecule has 1 heterocycles. The minimum absolute atomic E-state index is 0.369. The molecule has 0 spiro atoms. The number of aliphatic hydroxyl groups excluding tert-OH is 1. The van der Waals surface area contributed by atoms with E-state index in [2.05, 4.69) is 6.92 Å². The first-order valence-electron chi connectivity index (χ1n) is 5.95. The summed E-state index contributed by atoms with van der Waals surface area (Å²) < 4.78 is 1.42. The van der Waals surface area contributed by atoms with Crippen molar-refractivity contribution in [3.63, 3.8) is 0 Å². The molecule has 2 rings (SSSR count). The first kappa shape index (κ1) is 13.1. The van der Waals surface area contributed by atoms with Crippen LogP contribution in [0.5, 0.6) is 0 Å². The zero-order chi connectivity index (χ0) is 12.1. The smallest absolute Gasteiger partial charge is 0.0827 e. The Labute approximate surface area is 112 Å². The first-order chi connectivity index (χ1) is 8.27. The Morgan fingerprint density at radius 1 is 1.24 bits per heavy atom. The maximum Gasteiger partial charge on any atom is 0.0827 e. The Balaban J connectivity index is 2.00. The molecule has 92 valence electrons. The fraction of sp³-hybridized carbons (Fsp3) is 0.429. The van der Waals surface area contributed by atoms with Gasteiger partial charge in [-0.25, -0.2) is 0 Å². The highest BCUT2D eigenvalue weighted by molar-refractivity contribution is 8.22. The van der Waals surface area contributed by atoms with E-state index in [1.54, 1.807) is 0 Å². The van der Waals surface area contributed by atoms with E-state index in [1.807, 2.05) is 53.9 Å². The number of thioether (sulfide) groups is 2. The molecule has 0 radical (unpaired) electrons. The van der Waals surface area contributed by atoms with E-state index in [0.717, 1.165) is 12.0 Å². The number of hydrogen-bond donors (Lipinski definition) is 1. The van der Waals surface area contributed by atoms with Crippen LogP contribution in [0.2, 0.25) is 0 Å². The van der Waals surface area contributed by atoms with Gasteiger partial charge in [-0.05, 0) is 30.4 Å². The second kappa shape index (κ2) is 6.53. The van der Waals surface area contributed by atoms with Crippen LogP contribution in [0.3, 0.4) is 0 Å². The van der Waals surface area contributed by atoms with Crippen LogP contribution in [-0.4, -0.2) is 16.6 Å². The standard InChI is InChI=1S/C14H18OS2/c1-11(14-16-8-5-9-17-14)10-13(15)12-6-3-2-4-7-12/h2-4,6-7,13,15H,5,8-10H2,1H3. The first-order valence-corrected chi connectivity index (χ1v) is 7.93. The Morgan fingerprint density at radius 2 is 1.88 bits per heavy atom. The van der Waals surface area contributed by atoms with Gasteiger partial charge >= 0.3 is 0 Å². The van der Waals surface area contributed by atoms with E-state index >= 15 is 0 Å². The van der Waals surface area contributed by atoms with E-state index in [4.69, 9.17) is 0 Å². The Kier molecular flexibility index (Phi) is 5.01. The lowest BCUT2D eigenvalue weighted by atomic mass is 10.0. The van der Waals surface area contributed by atoms with Gasteiger partial charge in [-0.3, -0.25) is 0 Å². The predicted octanol–water partition coefficient (Wildman–Crippen LogP) is 4.21. The van der Waals surface area contributed by atoms with Crippen LogP contribution in [0, 0.1) is 0 Å². The van der Waals surface area contributed by atoms with Crippen LogP contribution in [0.4, 0.5) is 0 Å². The second-order valence-electron chi connectivity index (χ2n) is 4.25. The molecule has 0 amide bonds. The summed E-state index contributed by atoms with van der Waals surface area (Å²) in [5.74, 6) is 2.45. The summed E-state index contributed by atoms with van der Waals surface area (Å²) in [6.07, 6.45) is 1.68. The molecule has 3 heteroatoms. The third-order valence-corrected chi connectivity index (χ3v) is 5.70. The molecule has 1 N–H and O–H groups in total. The maximum absolute atomic E-state index is 10.2. The average molecular weight is 266 g/mol. The zero-order valence-electron chi connectivity index (χ0n) is 10.1. The summed E-state index contributed by atoms with van der Waals surface area (Å²) in [5.41, 5.74) is 2.34. The van der Waals surface area contributed by atoms with Crippen molar-refractivity contribution >= 4 is 23.5 Å². The largest absolute Gasteiger partial charge is 0.388 e. The summed E-state index contributed by atoms with van der Waals surface area (Å²) in [5, 5.41) is 10.2. The molecule has 1 saturated heterocycles. The van der Waals surface area contributed by atoms with Crippen molar-refractivity contribution in [2.45, 2.75) is 25.9 Å². The molecule has 1 unspecified atom stereocenters. The number of aliphatic hydroxyl groups is 1. The number of rotatable bonds is 3. The van der Waals surface area contributed by atoms with Crippen LogP contribution in [0.15, 0.2) is 40.1 Å². The molecule has 1 nitrogen and oxygen atoms in total. The lowest BCUT2D eigenvalue weighted by Gasteiger charge is -2.18. The molecular weight excluding hydrogens is 248 g/mol. The number of benzene rings is 1. The van der Waals surface area contributed by atoms with Gasteiger partial charge in [0.25, 0.3) is 0 Å². The summed E-state index contributed by atoms with van der Waals surface area (Å²) in [4.78, 5) is 0. The molecular formula is C14H18OS2. The fourth-order valence-electron chi connectivity index (χ4n) is 1.84. The Morgan fingerprint density at radius 3 is 2.53 bits per heavy atom. The monoisotopic (exact) mass is 266 g/mol. The van der Waals surface area contributed by atoms with Crippen molar-refractivity contribution in [2.75, 3.05) is 11.5 Å². The maximum atomic E-state index is 10.2. The van der Waals surface area contributed by atoms with Gasteiger partial charge in [0.2, 0.25) is 0 Å². The molecule has 0 aliphatic carbocycles. The van der Waals surface area contributed by atoms with Crippen LogP contribution in [-0.2, 0) is 0 Å². The van der Waals surface area contributed by atoms with Crippen molar-refractivity contribution in [1.29, 1.82) is 0 Å². The van der Waals surface area contributed by atoms with Gasteiger partial charge in [-0.1, -0.05) is 35.9 Å². The van der Waals surface area contributed by atoms with Crippen molar-refractivity contribution in [1.82, 2.24) is 0 Å². The predicted molar refractivity (Wildman–Crippen MR) is 78.3 cm³/mol. The topological polar surface area (TPSA) is 20.2 Å². The van der Waals surface area contributed by atoms with Gasteiger partial charge < -0.3 is 5.11 Å². The molecule has 1 aliphatic heterocycles. The molecule has 1 fully saturated rings. The van der Waals surface area contributed by atoms with Crippen molar-refractivity contribution < 1.29 is 5.11 Å². The summed E-state index contributed by atoms with van der Waals surface area (Å²) >= 11 is 3.88. The normalized spacial score (nSPS) is 17.9. The molecule has 1 aliphatic rings. The molecule has 1 aromatic rings. The van der Waals surface area contributed by atoms with E-state index < -0.39 is 0 Å². The van der Waals surface area contributed by atoms with Crippen molar-refractivity contribution in [3.8, 4) is 0 Å². The minimum atomic E-state index is -0.369. The Hall–Kier alpha value is -0.380. The summed E-state index contributed by atoms with van der Waals surface area (Å²) in [7, 11) is 0. The highest BCUT2D eigenvalue weighted by atomic mass is 32.2. The van der Waals surface area contributed by atoms with Gasteiger partial charge in [0.05, 0.1) is 6.10 Å². The molecule has 17 heavy (non-hydrogen) atoms. The Bertz CT molecular complexity index is 378. The summed E-state index contributed by atoms with van der Waals surface area (Å²) in [6.45, 7) is 2.15. The lowest BCUT2D eigenvalue weighted by molar-refractivity contribution is 0.178. The van der Waals surface area contributed by atoms with Gasteiger partial charge in [0, 0.05) is 10.7 Å². The molecule has 0 saturated carbocycles. The average Bonchev–Trinajstić information content (AvgIpc) is 2.40. The van der Waals surface area contributed by atoms with E-state index in [9.17, 15) is 5.11 Å². The van der Waals surface area contributed by atoms with Crippen LogP contribution >= 0.6 is 23.5 Å². The highest BCUT2D eigenvalue weighted by Crippen LogP contribution is 2.39. The van der Waals surface area contributed by atoms with E-state index in [1.165, 1.54) is 27.7 Å². The fourth-order valence-corrected chi connectivity index (χ4v) is 4.47. The van der Waals surface area contributed by atoms with Crippen LogP contribution in [0.25, 0.3) is 0 Å². The highest BCUT2D eigenvalue weighted by Gasteiger charge is 2.13. The van der Waals surface area contributed by atoms with Gasteiger partial charge in [-0.15, -0.1) is 23.5 Å². The van der Waals surface area contributed by atoms with E-state index in [0.29, 0.717) is 0 Å². The summed E-state index contributed by atoms with van der Waals surface area (Å²) in [6, 6.07) is 9.91. The van der Waals surface area contributed by atoms with Gasteiger partial charge in [0.1, 0.15) is 0 Å². The van der Waals surface area contributed by atoms with Crippen LogP contribution in [0.1, 0.15) is 31.4 Å². The zero-order valence-corrected chi connectivity index (χ0v) is 11.7. The molecule has 0 aromatic heterocycles. The lowest BCUT2D eigenvalue weighted by Crippen LogP contribution is -2.00. The van der Waals surface area contributed by atoms with Gasteiger partial charge in [-0.2, -0.15) is 0 Å². The van der Waals surface area contributed by atoms with Gasteiger partial charge in [0.15, 0.2) is 0 Å². The molecule has 1 atom stereocenters. The van der Waals surface area contributed by atoms with Crippen molar-refractivity contribution in [3.05, 3.63) is 45.7 Å². The third kappa shape index (κ3) is 3.80. The third-order valence-electron chi connectivity index (χ3n) is 2.79. The second-order valence-corrected chi connectivity index (χ2v) is 6.72. The van der Waals surface area contributed by atoms with Crippen LogP contribution < -0.4 is 0 Å². The molecule has 1 aromatic carbocycles. The number of hydrogen-bond acceptors (Lipinski definition) is 3. The SMILES string of the molecule is CC(CC(O)c1ccccc1)=C1SCCCS1. The van der Waals surface area contributed by atoms with E-state index in [-0.39, 0.29) is 6.10 Å². The van der Waals surface area contributed by atoms with Crippen molar-refractivity contribution in [2.24, 2.45) is 0 Å². The minimum Gasteiger partial charge on any atom is -0.388 e. The quantitative estimate of drug-likeness (QED) is 0.885. The molecule has 0 bridgehead atoms.